The van der Waals surface area contributed by atoms with Crippen LogP contribution >= 0.6 is 22.7 Å². The van der Waals surface area contributed by atoms with Crippen LogP contribution in [0, 0.1) is 0 Å². The Hall–Kier alpha value is -1.66. The van der Waals surface area contributed by atoms with Gasteiger partial charge in [0.15, 0.2) is 0 Å². The van der Waals surface area contributed by atoms with Crippen LogP contribution in [0.25, 0.3) is 11.1 Å². The third kappa shape index (κ3) is 3.54. The molecule has 0 aliphatic rings. The van der Waals surface area contributed by atoms with E-state index in [1.807, 2.05) is 41.5 Å². The second kappa shape index (κ2) is 6.01. The first kappa shape index (κ1) is 18.7. The minimum Gasteiger partial charge on any atom is -0.544 e. The highest BCUT2D eigenvalue weighted by Crippen LogP contribution is 2.46. The summed E-state index contributed by atoms with van der Waals surface area (Å²) in [4.78, 5) is 24.7. The molecule has 4 nitrogen and oxygen atoms in total. The molecule has 0 N–H and O–H groups in total. The molecule has 0 amide bonds. The van der Waals surface area contributed by atoms with Gasteiger partial charge in [0.1, 0.15) is 0 Å². The van der Waals surface area contributed by atoms with Gasteiger partial charge in [-0.25, -0.2) is 0 Å². The second-order valence-electron chi connectivity index (χ2n) is 7.78. The zero-order valence-electron chi connectivity index (χ0n) is 14.6. The SMILES string of the molecule is CC(C)(C)c1sc(C(=O)[O-])cc1-c1cc(C(=O)[O-])sc1C(C)(C)C. The van der Waals surface area contributed by atoms with E-state index in [9.17, 15) is 19.8 Å². The Balaban J connectivity index is 2.80. The topological polar surface area (TPSA) is 80.3 Å². The number of hydrogen-bond donors (Lipinski definition) is 0. The Bertz CT molecular complexity index is 730. The van der Waals surface area contributed by atoms with Crippen molar-refractivity contribution >= 4 is 34.6 Å². The Morgan fingerprint density at radius 2 is 1.04 bits per heavy atom. The largest absolute Gasteiger partial charge is 0.544 e. The third-order valence-corrected chi connectivity index (χ3v) is 6.60. The van der Waals surface area contributed by atoms with Crippen molar-refractivity contribution in [3.05, 3.63) is 31.6 Å². The molecule has 0 fully saturated rings. The molecule has 2 rings (SSSR count). The van der Waals surface area contributed by atoms with Gasteiger partial charge in [0, 0.05) is 9.75 Å². The van der Waals surface area contributed by atoms with Crippen molar-refractivity contribution in [1.29, 1.82) is 0 Å². The van der Waals surface area contributed by atoms with Crippen LogP contribution in [0.2, 0.25) is 0 Å². The normalized spacial score (nSPS) is 12.4. The van der Waals surface area contributed by atoms with Gasteiger partial charge in [-0.3, -0.25) is 0 Å². The van der Waals surface area contributed by atoms with E-state index in [0.717, 1.165) is 20.9 Å². The van der Waals surface area contributed by atoms with E-state index in [0.29, 0.717) is 0 Å². The van der Waals surface area contributed by atoms with Crippen LogP contribution in [0.15, 0.2) is 12.1 Å². The summed E-state index contributed by atoms with van der Waals surface area (Å²) in [6, 6.07) is 3.19. The molecule has 6 heteroatoms. The Kier molecular flexibility index (Phi) is 4.67. The fraction of sp³-hybridized carbons (Fsp3) is 0.444. The second-order valence-corrected chi connectivity index (χ2v) is 9.89. The van der Waals surface area contributed by atoms with Crippen LogP contribution in [-0.4, -0.2) is 11.9 Å². The number of carboxylic acid groups (broad SMARTS) is 2. The van der Waals surface area contributed by atoms with Crippen LogP contribution in [0.4, 0.5) is 0 Å². The minimum atomic E-state index is -1.22. The Morgan fingerprint density at radius 1 is 0.750 bits per heavy atom. The number of aromatic carboxylic acids is 2. The van der Waals surface area contributed by atoms with Crippen molar-refractivity contribution in [1.82, 2.24) is 0 Å². The number of carbonyl (C=O) groups is 2. The molecule has 2 aromatic rings. The molecule has 24 heavy (non-hydrogen) atoms. The summed E-state index contributed by atoms with van der Waals surface area (Å²) in [5.41, 5.74) is 0.986. The maximum atomic E-state index is 11.3. The maximum absolute atomic E-state index is 11.3. The Morgan fingerprint density at radius 3 is 1.25 bits per heavy atom. The molecule has 0 saturated carbocycles. The zero-order chi connectivity index (χ0) is 18.4. The summed E-state index contributed by atoms with van der Waals surface area (Å²) in [5.74, 6) is -2.44. The third-order valence-electron chi connectivity index (χ3n) is 3.52. The lowest BCUT2D eigenvalue weighted by molar-refractivity contribution is -0.255. The van der Waals surface area contributed by atoms with Gasteiger partial charge in [0.25, 0.3) is 0 Å². The molecule has 2 aromatic heterocycles. The lowest BCUT2D eigenvalue weighted by atomic mass is 9.85. The molecule has 0 unspecified atom stereocenters. The average molecular weight is 364 g/mol. The van der Waals surface area contributed by atoms with Crippen molar-refractivity contribution in [2.45, 2.75) is 52.4 Å². The van der Waals surface area contributed by atoms with Crippen molar-refractivity contribution in [3.63, 3.8) is 0 Å². The van der Waals surface area contributed by atoms with E-state index in [1.54, 1.807) is 12.1 Å². The van der Waals surface area contributed by atoms with Crippen LogP contribution in [0.3, 0.4) is 0 Å². The molecule has 0 bridgehead atoms. The maximum Gasteiger partial charge on any atom is 0.0815 e. The fourth-order valence-electron chi connectivity index (χ4n) is 2.50. The first-order chi connectivity index (χ1) is 10.8. The van der Waals surface area contributed by atoms with Crippen molar-refractivity contribution in [3.8, 4) is 11.1 Å². The van der Waals surface area contributed by atoms with Crippen LogP contribution < -0.4 is 10.2 Å². The lowest BCUT2D eigenvalue weighted by Crippen LogP contribution is -2.20. The van der Waals surface area contributed by atoms with Gasteiger partial charge < -0.3 is 19.8 Å². The highest BCUT2D eigenvalue weighted by molar-refractivity contribution is 7.15. The molecule has 2 heterocycles. The van der Waals surface area contributed by atoms with Crippen LogP contribution in [0.5, 0.6) is 0 Å². The van der Waals surface area contributed by atoms with Gasteiger partial charge in [-0.1, -0.05) is 41.5 Å². The van der Waals surface area contributed by atoms with Crippen molar-refractivity contribution in [2.24, 2.45) is 0 Å². The lowest BCUT2D eigenvalue weighted by Gasteiger charge is -2.22. The van der Waals surface area contributed by atoms with Gasteiger partial charge in [0.2, 0.25) is 0 Å². The fourth-order valence-corrected chi connectivity index (χ4v) is 4.63. The molecule has 0 atom stereocenters. The Labute approximate surface area is 149 Å². The standard InChI is InChI=1S/C18H22O4S2/c1-17(2,3)13-9(7-11(23-13)15(19)20)10-8-12(16(21)22)24-14(10)18(4,5)6/h7-8H,1-6H3,(H,19,20)(H,21,22)/p-2. The predicted molar refractivity (Wildman–Crippen MR) is 93.7 cm³/mol. The number of thiophene rings is 2. The molecule has 0 radical (unpaired) electrons. The van der Waals surface area contributed by atoms with Gasteiger partial charge in [-0.2, -0.15) is 0 Å². The van der Waals surface area contributed by atoms with E-state index in [1.165, 1.54) is 22.7 Å². The highest BCUT2D eigenvalue weighted by Gasteiger charge is 2.28. The molecule has 130 valence electrons. The van der Waals surface area contributed by atoms with Crippen LogP contribution in [0.1, 0.15) is 70.6 Å². The van der Waals surface area contributed by atoms with Gasteiger partial charge >= 0.3 is 0 Å². The van der Waals surface area contributed by atoms with Crippen molar-refractivity contribution < 1.29 is 19.8 Å². The zero-order valence-corrected chi connectivity index (χ0v) is 16.2. The molecule has 0 aromatic carbocycles. The summed E-state index contributed by atoms with van der Waals surface area (Å²) < 4.78 is 0. The summed E-state index contributed by atoms with van der Waals surface area (Å²) in [6.07, 6.45) is 0. The number of hydrogen-bond acceptors (Lipinski definition) is 6. The highest BCUT2D eigenvalue weighted by atomic mass is 32.1. The summed E-state index contributed by atoms with van der Waals surface area (Å²) in [7, 11) is 0. The quantitative estimate of drug-likeness (QED) is 0.839. The molecule has 0 saturated heterocycles. The van der Waals surface area contributed by atoms with E-state index >= 15 is 0 Å². The molecular formula is C18H20O4S2-2. The van der Waals surface area contributed by atoms with Gasteiger partial charge in [-0.05, 0) is 34.1 Å². The van der Waals surface area contributed by atoms with E-state index in [2.05, 4.69) is 0 Å². The summed E-state index contributed by atoms with van der Waals surface area (Å²) in [5, 5.41) is 22.6. The van der Waals surface area contributed by atoms with E-state index < -0.39 is 11.9 Å². The monoisotopic (exact) mass is 364 g/mol. The number of carbonyl (C=O) groups excluding carboxylic acids is 2. The molecule has 0 aliphatic heterocycles. The van der Waals surface area contributed by atoms with Gasteiger partial charge in [0.05, 0.1) is 21.7 Å². The minimum absolute atomic E-state index is 0.149. The molecule has 0 aliphatic carbocycles. The van der Waals surface area contributed by atoms with E-state index in [4.69, 9.17) is 0 Å². The van der Waals surface area contributed by atoms with Crippen molar-refractivity contribution in [2.75, 3.05) is 0 Å². The smallest absolute Gasteiger partial charge is 0.0815 e. The summed E-state index contributed by atoms with van der Waals surface area (Å²) in [6.45, 7) is 12.0. The number of rotatable bonds is 3. The van der Waals surface area contributed by atoms with E-state index in [-0.39, 0.29) is 20.6 Å². The average Bonchev–Trinajstić information content (AvgIpc) is 3.01. The first-order valence-electron chi connectivity index (χ1n) is 7.54. The first-order valence-corrected chi connectivity index (χ1v) is 9.17. The molecular weight excluding hydrogens is 344 g/mol. The van der Waals surface area contributed by atoms with Crippen LogP contribution in [-0.2, 0) is 10.8 Å². The predicted octanol–water partition coefficient (Wildman–Crippen LogP) is 2.80. The number of carboxylic acids is 2. The summed E-state index contributed by atoms with van der Waals surface area (Å²) >= 11 is 2.37. The molecule has 0 spiro atoms. The van der Waals surface area contributed by atoms with Gasteiger partial charge in [-0.15, -0.1) is 22.7 Å².